The first-order valence-corrected chi connectivity index (χ1v) is 8.84. The zero-order valence-corrected chi connectivity index (χ0v) is 14.7. The molecule has 0 aromatic heterocycles. The van der Waals surface area contributed by atoms with Gasteiger partial charge in [0.25, 0.3) is 0 Å². The average molecular weight is 371 g/mol. The highest BCUT2D eigenvalue weighted by atomic mass is 19.4. The van der Waals surface area contributed by atoms with E-state index in [1.54, 1.807) is 37.3 Å². The summed E-state index contributed by atoms with van der Waals surface area (Å²) in [5.41, 5.74) is -0.734. The number of hydrogen-bond acceptors (Lipinski definition) is 2. The lowest BCUT2D eigenvalue weighted by atomic mass is 9.77. The van der Waals surface area contributed by atoms with Gasteiger partial charge in [0.1, 0.15) is 5.41 Å². The summed E-state index contributed by atoms with van der Waals surface area (Å²) < 4.78 is 38.8. The van der Waals surface area contributed by atoms with Gasteiger partial charge in [-0.25, -0.2) is 0 Å². The monoisotopic (exact) mass is 371 g/mol. The van der Waals surface area contributed by atoms with Crippen LogP contribution in [-0.4, -0.2) is 29.7 Å². The minimum Gasteiger partial charge on any atom is -0.481 e. The molecule has 0 bridgehead atoms. The quantitative estimate of drug-likeness (QED) is 0.797. The standard InChI is InChI=1S/C19H24F3NO3/c1-2-18(17(25)26,14-8-4-3-5-9-14)12-23-16(24)13-7-6-10-15(11-13)19(20,21)22/h3-5,8-9,13,15H,2,6-7,10-12H2,1H3,(H,23,24)(H,25,26). The van der Waals surface area contributed by atoms with Crippen LogP contribution < -0.4 is 5.32 Å². The highest BCUT2D eigenvalue weighted by Gasteiger charge is 2.44. The van der Waals surface area contributed by atoms with Crippen LogP contribution in [0.1, 0.15) is 44.6 Å². The molecule has 7 heteroatoms. The lowest BCUT2D eigenvalue weighted by molar-refractivity contribution is -0.186. The Hall–Kier alpha value is -2.05. The first kappa shape index (κ1) is 20.3. The molecule has 1 aliphatic carbocycles. The van der Waals surface area contributed by atoms with Crippen LogP contribution in [0.3, 0.4) is 0 Å². The molecule has 0 spiro atoms. The van der Waals surface area contributed by atoms with Crippen molar-refractivity contribution in [2.45, 2.75) is 50.6 Å². The Kier molecular flexibility index (Phi) is 6.31. The minimum atomic E-state index is -4.29. The van der Waals surface area contributed by atoms with Crippen molar-refractivity contribution in [1.29, 1.82) is 0 Å². The fourth-order valence-electron chi connectivity index (χ4n) is 3.65. The summed E-state index contributed by atoms with van der Waals surface area (Å²) in [4.78, 5) is 24.3. The van der Waals surface area contributed by atoms with Gasteiger partial charge >= 0.3 is 12.1 Å². The topological polar surface area (TPSA) is 66.4 Å². The fraction of sp³-hybridized carbons (Fsp3) is 0.579. The minimum absolute atomic E-state index is 0.0469. The molecule has 4 nitrogen and oxygen atoms in total. The predicted molar refractivity (Wildman–Crippen MR) is 90.6 cm³/mol. The third kappa shape index (κ3) is 4.37. The van der Waals surface area contributed by atoms with Crippen LogP contribution >= 0.6 is 0 Å². The van der Waals surface area contributed by atoms with E-state index in [1.807, 2.05) is 0 Å². The summed E-state index contributed by atoms with van der Waals surface area (Å²) in [5.74, 6) is -3.75. The van der Waals surface area contributed by atoms with Crippen LogP contribution in [-0.2, 0) is 15.0 Å². The SMILES string of the molecule is CCC(CNC(=O)C1CCCC(C(F)(F)F)C1)(C(=O)O)c1ccccc1. The van der Waals surface area contributed by atoms with Gasteiger partial charge in [0, 0.05) is 12.5 Å². The Morgan fingerprint density at radius 3 is 2.38 bits per heavy atom. The van der Waals surface area contributed by atoms with Gasteiger partial charge in [0.2, 0.25) is 5.91 Å². The van der Waals surface area contributed by atoms with Crippen LogP contribution in [0.2, 0.25) is 0 Å². The van der Waals surface area contributed by atoms with Crippen molar-refractivity contribution in [2.75, 3.05) is 6.54 Å². The van der Waals surface area contributed by atoms with E-state index in [4.69, 9.17) is 0 Å². The van der Waals surface area contributed by atoms with E-state index in [0.717, 1.165) is 0 Å². The molecule has 0 radical (unpaired) electrons. The molecule has 1 fully saturated rings. The van der Waals surface area contributed by atoms with Crippen molar-refractivity contribution in [2.24, 2.45) is 11.8 Å². The second-order valence-electron chi connectivity index (χ2n) is 6.93. The molecule has 3 atom stereocenters. The van der Waals surface area contributed by atoms with Crippen molar-refractivity contribution in [3.05, 3.63) is 35.9 Å². The average Bonchev–Trinajstić information content (AvgIpc) is 2.62. The van der Waals surface area contributed by atoms with E-state index in [-0.39, 0.29) is 25.8 Å². The van der Waals surface area contributed by atoms with E-state index in [1.165, 1.54) is 0 Å². The van der Waals surface area contributed by atoms with Gasteiger partial charge in [-0.2, -0.15) is 13.2 Å². The molecule has 0 saturated heterocycles. The zero-order chi connectivity index (χ0) is 19.4. The molecule has 26 heavy (non-hydrogen) atoms. The number of carboxylic acids is 1. The van der Waals surface area contributed by atoms with Crippen molar-refractivity contribution >= 4 is 11.9 Å². The molecule has 144 valence electrons. The highest BCUT2D eigenvalue weighted by Crippen LogP contribution is 2.40. The third-order valence-corrected chi connectivity index (χ3v) is 5.41. The summed E-state index contributed by atoms with van der Waals surface area (Å²) in [7, 11) is 0. The summed E-state index contributed by atoms with van der Waals surface area (Å²) in [6.07, 6.45) is -3.48. The molecule has 1 aromatic rings. The molecule has 3 unspecified atom stereocenters. The maximum Gasteiger partial charge on any atom is 0.391 e. The molecule has 2 rings (SSSR count). The number of halogens is 3. The smallest absolute Gasteiger partial charge is 0.391 e. The first-order valence-electron chi connectivity index (χ1n) is 8.84. The molecular weight excluding hydrogens is 347 g/mol. The Balaban J connectivity index is 2.09. The lowest BCUT2D eigenvalue weighted by Gasteiger charge is -2.32. The van der Waals surface area contributed by atoms with Gasteiger partial charge in [-0.3, -0.25) is 9.59 Å². The van der Waals surface area contributed by atoms with Gasteiger partial charge in [0.05, 0.1) is 5.92 Å². The number of carbonyl (C=O) groups is 2. The Morgan fingerprint density at radius 2 is 1.85 bits per heavy atom. The Labute approximate surface area is 150 Å². The van der Waals surface area contributed by atoms with Crippen molar-refractivity contribution in [3.63, 3.8) is 0 Å². The summed E-state index contributed by atoms with van der Waals surface area (Å²) in [6, 6.07) is 8.58. The summed E-state index contributed by atoms with van der Waals surface area (Å²) in [6.45, 7) is 1.57. The predicted octanol–water partition coefficient (Wildman–Crippen LogP) is 3.90. The second-order valence-corrected chi connectivity index (χ2v) is 6.93. The Morgan fingerprint density at radius 1 is 1.19 bits per heavy atom. The van der Waals surface area contributed by atoms with E-state index >= 15 is 0 Å². The molecular formula is C19H24F3NO3. The molecule has 1 amide bonds. The zero-order valence-electron chi connectivity index (χ0n) is 14.7. The van der Waals surface area contributed by atoms with Crippen LogP contribution in [0.4, 0.5) is 13.2 Å². The molecule has 0 aliphatic heterocycles. The van der Waals surface area contributed by atoms with Gasteiger partial charge in [-0.15, -0.1) is 0 Å². The largest absolute Gasteiger partial charge is 0.481 e. The van der Waals surface area contributed by atoms with Gasteiger partial charge < -0.3 is 10.4 Å². The first-order chi connectivity index (χ1) is 12.2. The van der Waals surface area contributed by atoms with Gasteiger partial charge in [-0.1, -0.05) is 43.7 Å². The van der Waals surface area contributed by atoms with Crippen molar-refractivity contribution in [1.82, 2.24) is 5.32 Å². The van der Waals surface area contributed by atoms with Crippen LogP contribution in [0.5, 0.6) is 0 Å². The van der Waals surface area contributed by atoms with Crippen LogP contribution in [0.15, 0.2) is 30.3 Å². The van der Waals surface area contributed by atoms with E-state index in [2.05, 4.69) is 5.32 Å². The lowest BCUT2D eigenvalue weighted by Crippen LogP contribution is -2.48. The highest BCUT2D eigenvalue weighted by molar-refractivity contribution is 5.84. The fourth-order valence-corrected chi connectivity index (χ4v) is 3.65. The molecule has 0 heterocycles. The maximum atomic E-state index is 12.9. The summed E-state index contributed by atoms with van der Waals surface area (Å²) in [5, 5.41) is 12.4. The van der Waals surface area contributed by atoms with Crippen molar-refractivity contribution < 1.29 is 27.9 Å². The van der Waals surface area contributed by atoms with E-state index in [9.17, 15) is 27.9 Å². The number of carbonyl (C=O) groups excluding carboxylic acids is 1. The molecule has 1 saturated carbocycles. The normalized spacial score (nSPS) is 23.1. The number of rotatable bonds is 6. The molecule has 1 aromatic carbocycles. The summed E-state index contributed by atoms with van der Waals surface area (Å²) >= 11 is 0. The number of hydrogen-bond donors (Lipinski definition) is 2. The number of aliphatic carboxylic acids is 1. The number of alkyl halides is 3. The third-order valence-electron chi connectivity index (χ3n) is 5.41. The second kappa shape index (κ2) is 8.10. The Bertz CT molecular complexity index is 633. The van der Waals surface area contributed by atoms with E-state index in [0.29, 0.717) is 18.4 Å². The van der Waals surface area contributed by atoms with Gasteiger partial charge in [0.15, 0.2) is 0 Å². The number of nitrogens with one attached hydrogen (secondary N) is 1. The molecule has 2 N–H and O–H groups in total. The number of benzene rings is 1. The molecule has 1 aliphatic rings. The van der Waals surface area contributed by atoms with E-state index < -0.39 is 35.3 Å². The van der Waals surface area contributed by atoms with Crippen molar-refractivity contribution in [3.8, 4) is 0 Å². The van der Waals surface area contributed by atoms with Crippen LogP contribution in [0, 0.1) is 11.8 Å². The van der Waals surface area contributed by atoms with Crippen LogP contribution in [0.25, 0.3) is 0 Å². The number of amides is 1. The number of carboxylic acid groups (broad SMARTS) is 1. The maximum absolute atomic E-state index is 12.9. The van der Waals surface area contributed by atoms with Gasteiger partial charge in [-0.05, 0) is 31.2 Å².